The molecule has 0 spiro atoms. The number of aromatic nitrogens is 1. The summed E-state index contributed by atoms with van der Waals surface area (Å²) in [6, 6.07) is 1.71. The van der Waals surface area contributed by atoms with Crippen molar-refractivity contribution in [1.29, 1.82) is 0 Å². The van der Waals surface area contributed by atoms with E-state index in [9.17, 15) is 8.42 Å². The number of rotatable bonds is 5. The molecule has 1 aliphatic rings. The molecule has 0 bridgehead atoms. The van der Waals surface area contributed by atoms with Crippen LogP contribution in [0, 0.1) is 5.41 Å². The van der Waals surface area contributed by atoms with Gasteiger partial charge in [-0.2, -0.15) is 4.31 Å². The first-order valence-electron chi connectivity index (χ1n) is 7.61. The lowest BCUT2D eigenvalue weighted by molar-refractivity contribution is 0.169. The van der Waals surface area contributed by atoms with Gasteiger partial charge in [0.15, 0.2) is 0 Å². The number of halogens is 1. The van der Waals surface area contributed by atoms with Crippen LogP contribution in [0.2, 0.25) is 0 Å². The molecule has 0 aliphatic carbocycles. The van der Waals surface area contributed by atoms with E-state index in [1.54, 1.807) is 16.6 Å². The topological polar surface area (TPSA) is 42.3 Å². The largest absolute Gasteiger partial charge is 0.349 e. The van der Waals surface area contributed by atoms with Gasteiger partial charge in [0, 0.05) is 31.5 Å². The summed E-state index contributed by atoms with van der Waals surface area (Å²) in [7, 11) is -3.39. The van der Waals surface area contributed by atoms with Gasteiger partial charge in [0.1, 0.15) is 4.90 Å². The van der Waals surface area contributed by atoms with E-state index in [0.29, 0.717) is 23.9 Å². The minimum Gasteiger partial charge on any atom is -0.349 e. The smallest absolute Gasteiger partial charge is 0.244 e. The predicted molar refractivity (Wildman–Crippen MR) is 86.1 cm³/mol. The zero-order valence-corrected chi connectivity index (χ0v) is 14.7. The van der Waals surface area contributed by atoms with Gasteiger partial charge in [-0.15, -0.1) is 11.6 Å². The first-order valence-corrected chi connectivity index (χ1v) is 9.59. The second-order valence-corrected chi connectivity index (χ2v) is 8.36. The van der Waals surface area contributed by atoms with E-state index in [-0.39, 0.29) is 5.41 Å². The number of hydrogen-bond acceptors (Lipinski definition) is 2. The third-order valence-corrected chi connectivity index (χ3v) is 7.00. The Balaban J connectivity index is 2.21. The third-order valence-electron chi connectivity index (χ3n) is 4.86. The molecule has 1 aromatic rings. The third kappa shape index (κ3) is 3.30. The van der Waals surface area contributed by atoms with Crippen molar-refractivity contribution >= 4 is 21.6 Å². The zero-order chi connectivity index (χ0) is 15.7. The summed E-state index contributed by atoms with van der Waals surface area (Å²) in [5, 5.41) is 0. The van der Waals surface area contributed by atoms with Crippen molar-refractivity contribution in [2.45, 2.75) is 57.4 Å². The van der Waals surface area contributed by atoms with Crippen molar-refractivity contribution in [3.8, 4) is 0 Å². The van der Waals surface area contributed by atoms with E-state index in [1.165, 1.54) is 0 Å². The Kier molecular flexibility index (Phi) is 5.06. The molecule has 1 aromatic heterocycles. The quantitative estimate of drug-likeness (QED) is 0.775. The molecule has 0 radical (unpaired) electrons. The zero-order valence-electron chi connectivity index (χ0n) is 13.1. The van der Waals surface area contributed by atoms with E-state index in [0.717, 1.165) is 31.5 Å². The van der Waals surface area contributed by atoms with E-state index in [4.69, 9.17) is 11.6 Å². The minimum absolute atomic E-state index is 0.280. The lowest BCUT2D eigenvalue weighted by atomic mass is 9.79. The summed E-state index contributed by atoms with van der Waals surface area (Å²) in [6.07, 6.45) is 4.67. The van der Waals surface area contributed by atoms with Crippen LogP contribution in [0.15, 0.2) is 17.2 Å². The monoisotopic (exact) mass is 332 g/mol. The number of alkyl halides is 1. The molecule has 1 aliphatic heterocycles. The van der Waals surface area contributed by atoms with Crippen LogP contribution in [0.1, 0.15) is 45.7 Å². The molecule has 0 atom stereocenters. The standard InChI is InChI=1S/C15H25ClN2O2S/c1-4-15(3)6-8-18(9-7-15)21(19,20)14-10-13(11-16)17(5-2)12-14/h10,12H,4-9,11H2,1-3H3. The van der Waals surface area contributed by atoms with Crippen LogP contribution in [0.5, 0.6) is 0 Å². The van der Waals surface area contributed by atoms with Gasteiger partial charge in [0.25, 0.3) is 0 Å². The molecule has 0 N–H and O–H groups in total. The second-order valence-electron chi connectivity index (χ2n) is 6.16. The molecule has 120 valence electrons. The Morgan fingerprint density at radius 1 is 1.29 bits per heavy atom. The Hall–Kier alpha value is -0.520. The summed E-state index contributed by atoms with van der Waals surface area (Å²) in [5.74, 6) is 0.331. The summed E-state index contributed by atoms with van der Waals surface area (Å²) >= 11 is 5.89. The van der Waals surface area contributed by atoms with Gasteiger partial charge in [-0.3, -0.25) is 0 Å². The molecule has 6 heteroatoms. The van der Waals surface area contributed by atoms with Crippen LogP contribution >= 0.6 is 11.6 Å². The van der Waals surface area contributed by atoms with Crippen LogP contribution < -0.4 is 0 Å². The number of piperidine rings is 1. The molecular formula is C15H25ClN2O2S. The molecule has 0 aromatic carbocycles. The lowest BCUT2D eigenvalue weighted by Gasteiger charge is -2.38. The van der Waals surface area contributed by atoms with Crippen molar-refractivity contribution < 1.29 is 8.42 Å². The predicted octanol–water partition coefficient (Wildman–Crippen LogP) is 3.45. The molecular weight excluding hydrogens is 308 g/mol. The van der Waals surface area contributed by atoms with Crippen molar-refractivity contribution in [3.05, 3.63) is 18.0 Å². The molecule has 1 saturated heterocycles. The molecule has 2 heterocycles. The molecule has 0 unspecified atom stereocenters. The first kappa shape index (κ1) is 16.8. The summed E-state index contributed by atoms with van der Waals surface area (Å²) in [4.78, 5) is 0.375. The maximum atomic E-state index is 12.8. The van der Waals surface area contributed by atoms with Crippen molar-refractivity contribution in [2.75, 3.05) is 13.1 Å². The highest BCUT2D eigenvalue weighted by molar-refractivity contribution is 7.89. The van der Waals surface area contributed by atoms with Crippen LogP contribution in [0.4, 0.5) is 0 Å². The van der Waals surface area contributed by atoms with Gasteiger partial charge >= 0.3 is 0 Å². The van der Waals surface area contributed by atoms with E-state index >= 15 is 0 Å². The van der Waals surface area contributed by atoms with Crippen molar-refractivity contribution in [3.63, 3.8) is 0 Å². The summed E-state index contributed by atoms with van der Waals surface area (Å²) < 4.78 is 29.0. The normalized spacial score (nSPS) is 19.8. The van der Waals surface area contributed by atoms with E-state index < -0.39 is 10.0 Å². The fourth-order valence-corrected chi connectivity index (χ4v) is 4.58. The van der Waals surface area contributed by atoms with Crippen LogP contribution in [-0.2, 0) is 22.4 Å². The molecule has 1 fully saturated rings. The maximum Gasteiger partial charge on any atom is 0.244 e. The van der Waals surface area contributed by atoms with Crippen molar-refractivity contribution in [2.24, 2.45) is 5.41 Å². The Morgan fingerprint density at radius 3 is 2.33 bits per heavy atom. The fourth-order valence-electron chi connectivity index (χ4n) is 2.84. The molecule has 4 nitrogen and oxygen atoms in total. The Morgan fingerprint density at radius 2 is 1.90 bits per heavy atom. The van der Waals surface area contributed by atoms with Gasteiger partial charge in [0.05, 0.1) is 5.88 Å². The highest BCUT2D eigenvalue weighted by atomic mass is 35.5. The average molecular weight is 333 g/mol. The Bertz CT molecular complexity index is 565. The summed E-state index contributed by atoms with van der Waals surface area (Å²) in [5.41, 5.74) is 1.14. The van der Waals surface area contributed by atoms with E-state index in [2.05, 4.69) is 13.8 Å². The second kappa shape index (κ2) is 6.31. The van der Waals surface area contributed by atoms with Gasteiger partial charge in [0.2, 0.25) is 10.0 Å². The first-order chi connectivity index (χ1) is 9.86. The van der Waals surface area contributed by atoms with E-state index in [1.807, 2.05) is 11.5 Å². The molecule has 0 saturated carbocycles. The van der Waals surface area contributed by atoms with Crippen molar-refractivity contribution in [1.82, 2.24) is 8.87 Å². The highest BCUT2D eigenvalue weighted by Gasteiger charge is 2.34. The SMILES string of the molecule is CCn1cc(S(=O)(=O)N2CCC(C)(CC)CC2)cc1CCl. The van der Waals surface area contributed by atoms with Crippen LogP contribution in [0.3, 0.4) is 0 Å². The van der Waals surface area contributed by atoms with Crippen LogP contribution in [0.25, 0.3) is 0 Å². The maximum absolute atomic E-state index is 12.8. The minimum atomic E-state index is -3.39. The van der Waals surface area contributed by atoms with Gasteiger partial charge in [-0.05, 0) is 31.2 Å². The fraction of sp³-hybridized carbons (Fsp3) is 0.733. The molecule has 2 rings (SSSR count). The Labute approximate surface area is 133 Å². The number of sulfonamides is 1. The number of nitrogens with zero attached hydrogens (tertiary/aromatic N) is 2. The summed E-state index contributed by atoms with van der Waals surface area (Å²) in [6.45, 7) is 8.36. The van der Waals surface area contributed by atoms with Gasteiger partial charge in [-0.1, -0.05) is 20.3 Å². The molecule has 21 heavy (non-hydrogen) atoms. The van der Waals surface area contributed by atoms with Gasteiger partial charge in [-0.25, -0.2) is 8.42 Å². The average Bonchev–Trinajstić information content (AvgIpc) is 2.91. The lowest BCUT2D eigenvalue weighted by Crippen LogP contribution is -2.41. The highest BCUT2D eigenvalue weighted by Crippen LogP contribution is 2.36. The molecule has 0 amide bonds. The van der Waals surface area contributed by atoms with Crippen LogP contribution in [-0.4, -0.2) is 30.4 Å². The van der Waals surface area contributed by atoms with Gasteiger partial charge < -0.3 is 4.57 Å². The number of hydrogen-bond donors (Lipinski definition) is 0. The number of aryl methyl sites for hydroxylation is 1.